The Morgan fingerprint density at radius 1 is 1.15 bits per heavy atom. The fraction of sp³-hybridized carbons (Fsp3) is 0.231. The summed E-state index contributed by atoms with van der Waals surface area (Å²) in [5.41, 5.74) is 0.465. The Morgan fingerprint density at radius 3 is 2.55 bits per heavy atom. The van der Waals surface area contributed by atoms with Crippen LogP contribution >= 0.6 is 0 Å². The van der Waals surface area contributed by atoms with E-state index in [2.05, 4.69) is 10.5 Å². The van der Waals surface area contributed by atoms with Gasteiger partial charge in [-0.05, 0) is 17.3 Å². The molecule has 1 amide bonds. The molecule has 0 atom stereocenters. The largest absolute Gasteiger partial charge is 0.497 e. The van der Waals surface area contributed by atoms with E-state index in [1.165, 1.54) is 27.4 Å². The maximum Gasteiger partial charge on any atom is 0.294 e. The molecule has 7 heteroatoms. The fourth-order valence-corrected chi connectivity index (χ4v) is 1.56. The van der Waals surface area contributed by atoms with E-state index in [1.54, 1.807) is 18.2 Å². The van der Waals surface area contributed by atoms with E-state index in [0.717, 1.165) is 0 Å². The van der Waals surface area contributed by atoms with E-state index >= 15 is 0 Å². The summed E-state index contributed by atoms with van der Waals surface area (Å²) in [6.45, 7) is 0. The van der Waals surface area contributed by atoms with Crippen LogP contribution in [0.25, 0.3) is 0 Å². The number of benzene rings is 1. The van der Waals surface area contributed by atoms with Gasteiger partial charge in [0.1, 0.15) is 11.5 Å². The third kappa shape index (κ3) is 2.82. The zero-order chi connectivity index (χ0) is 14.5. The first-order valence-electron chi connectivity index (χ1n) is 5.72. The first-order valence-corrected chi connectivity index (χ1v) is 5.72. The molecular weight excluding hydrogens is 264 g/mol. The predicted octanol–water partition coefficient (Wildman–Crippen LogP) is 1.95. The van der Waals surface area contributed by atoms with Gasteiger partial charge in [0.25, 0.3) is 11.8 Å². The number of nitrogens with zero attached hydrogens (tertiary/aromatic N) is 1. The van der Waals surface area contributed by atoms with Gasteiger partial charge in [-0.25, -0.2) is 0 Å². The molecule has 0 unspecified atom stereocenters. The van der Waals surface area contributed by atoms with Gasteiger partial charge in [0.05, 0.1) is 33.1 Å². The van der Waals surface area contributed by atoms with Gasteiger partial charge in [-0.1, -0.05) is 0 Å². The average Bonchev–Trinajstić information content (AvgIpc) is 2.96. The third-order valence-corrected chi connectivity index (χ3v) is 2.58. The van der Waals surface area contributed by atoms with E-state index in [1.807, 2.05) is 0 Å². The van der Waals surface area contributed by atoms with Crippen LogP contribution in [0.2, 0.25) is 0 Å². The molecule has 1 aromatic carbocycles. The molecule has 0 bridgehead atoms. The standard InChI is InChI=1S/C13H14N2O5/c1-17-8-4-5-10(18-2)9(6-8)14-13(16)11-7-12(19-3)15-20-11/h4-7H,1-3H3,(H,14,16). The van der Waals surface area contributed by atoms with Gasteiger partial charge in [-0.15, -0.1) is 0 Å². The Hall–Kier alpha value is -2.70. The average molecular weight is 278 g/mol. The molecule has 0 saturated carbocycles. The summed E-state index contributed by atoms with van der Waals surface area (Å²) in [6.07, 6.45) is 0. The van der Waals surface area contributed by atoms with Crippen molar-refractivity contribution in [3.05, 3.63) is 30.0 Å². The summed E-state index contributed by atoms with van der Waals surface area (Å²) in [4.78, 5) is 12.0. The van der Waals surface area contributed by atoms with Crippen molar-refractivity contribution < 1.29 is 23.5 Å². The number of rotatable bonds is 5. The van der Waals surface area contributed by atoms with Gasteiger partial charge in [0, 0.05) is 6.07 Å². The van der Waals surface area contributed by atoms with Crippen LogP contribution in [0.5, 0.6) is 17.4 Å². The highest BCUT2D eigenvalue weighted by molar-refractivity contribution is 6.03. The topological polar surface area (TPSA) is 82.8 Å². The van der Waals surface area contributed by atoms with Crippen LogP contribution in [0.4, 0.5) is 5.69 Å². The molecule has 0 radical (unpaired) electrons. The Bertz CT molecular complexity index is 609. The van der Waals surface area contributed by atoms with E-state index in [-0.39, 0.29) is 11.6 Å². The summed E-state index contributed by atoms with van der Waals surface area (Å²) in [5, 5.41) is 6.22. The van der Waals surface area contributed by atoms with Gasteiger partial charge in [0.2, 0.25) is 5.76 Å². The minimum Gasteiger partial charge on any atom is -0.497 e. The number of anilines is 1. The van der Waals surface area contributed by atoms with E-state index < -0.39 is 5.91 Å². The first kappa shape index (κ1) is 13.7. The van der Waals surface area contributed by atoms with Crippen LogP contribution in [0.3, 0.4) is 0 Å². The minimum atomic E-state index is -0.465. The Kier molecular flexibility index (Phi) is 4.09. The summed E-state index contributed by atoms with van der Waals surface area (Å²) >= 11 is 0. The number of carbonyl (C=O) groups is 1. The third-order valence-electron chi connectivity index (χ3n) is 2.58. The maximum atomic E-state index is 12.0. The zero-order valence-corrected chi connectivity index (χ0v) is 11.3. The van der Waals surface area contributed by atoms with Crippen molar-refractivity contribution in [2.75, 3.05) is 26.6 Å². The molecule has 2 rings (SSSR count). The van der Waals surface area contributed by atoms with Gasteiger partial charge >= 0.3 is 0 Å². The minimum absolute atomic E-state index is 0.0340. The van der Waals surface area contributed by atoms with Gasteiger partial charge < -0.3 is 24.1 Å². The van der Waals surface area contributed by atoms with Crippen molar-refractivity contribution in [3.63, 3.8) is 0 Å². The number of aromatic nitrogens is 1. The van der Waals surface area contributed by atoms with Crippen molar-refractivity contribution in [2.45, 2.75) is 0 Å². The number of ether oxygens (including phenoxy) is 3. The van der Waals surface area contributed by atoms with Crippen molar-refractivity contribution in [1.29, 1.82) is 0 Å². The van der Waals surface area contributed by atoms with Crippen LogP contribution < -0.4 is 19.5 Å². The summed E-state index contributed by atoms with van der Waals surface area (Å²) in [7, 11) is 4.48. The maximum absolute atomic E-state index is 12.0. The summed E-state index contributed by atoms with van der Waals surface area (Å²) in [5.74, 6) is 0.897. The fourth-order valence-electron chi connectivity index (χ4n) is 1.56. The zero-order valence-electron chi connectivity index (χ0n) is 11.3. The molecule has 1 N–H and O–H groups in total. The molecule has 2 aromatic rings. The Morgan fingerprint density at radius 2 is 1.95 bits per heavy atom. The smallest absolute Gasteiger partial charge is 0.294 e. The van der Waals surface area contributed by atoms with Crippen LogP contribution in [-0.4, -0.2) is 32.4 Å². The lowest BCUT2D eigenvalue weighted by Crippen LogP contribution is -2.11. The molecule has 7 nitrogen and oxygen atoms in total. The summed E-state index contributed by atoms with van der Waals surface area (Å²) < 4.78 is 20.0. The van der Waals surface area contributed by atoms with E-state index in [9.17, 15) is 4.79 Å². The number of amides is 1. The van der Waals surface area contributed by atoms with Crippen molar-refractivity contribution in [2.24, 2.45) is 0 Å². The molecule has 0 saturated heterocycles. The lowest BCUT2D eigenvalue weighted by molar-refractivity contribution is 0.0987. The van der Waals surface area contributed by atoms with Gasteiger partial charge in [-0.3, -0.25) is 4.79 Å². The molecule has 0 aliphatic carbocycles. The van der Waals surface area contributed by atoms with E-state index in [0.29, 0.717) is 17.2 Å². The molecule has 106 valence electrons. The number of nitrogens with one attached hydrogen (secondary N) is 1. The molecule has 20 heavy (non-hydrogen) atoms. The van der Waals surface area contributed by atoms with Gasteiger partial charge in [0.15, 0.2) is 0 Å². The number of hydrogen-bond donors (Lipinski definition) is 1. The highest BCUT2D eigenvalue weighted by Gasteiger charge is 2.16. The second kappa shape index (κ2) is 5.96. The Balaban J connectivity index is 2.21. The predicted molar refractivity (Wildman–Crippen MR) is 70.6 cm³/mol. The van der Waals surface area contributed by atoms with Crippen molar-refractivity contribution >= 4 is 11.6 Å². The second-order valence-electron chi connectivity index (χ2n) is 3.75. The van der Waals surface area contributed by atoms with Crippen molar-refractivity contribution in [1.82, 2.24) is 5.16 Å². The van der Waals surface area contributed by atoms with Crippen LogP contribution in [0, 0.1) is 0 Å². The lowest BCUT2D eigenvalue weighted by Gasteiger charge is -2.10. The number of methoxy groups -OCH3 is 3. The molecule has 0 aliphatic rings. The number of hydrogen-bond acceptors (Lipinski definition) is 6. The molecule has 0 spiro atoms. The SMILES string of the molecule is COc1ccc(OC)c(NC(=O)c2cc(OC)no2)c1. The normalized spacial score (nSPS) is 9.95. The second-order valence-corrected chi connectivity index (χ2v) is 3.75. The summed E-state index contributed by atoms with van der Waals surface area (Å²) in [6, 6.07) is 6.45. The molecule has 1 aromatic heterocycles. The van der Waals surface area contributed by atoms with Gasteiger partial charge in [-0.2, -0.15) is 0 Å². The highest BCUT2D eigenvalue weighted by atomic mass is 16.5. The number of carbonyl (C=O) groups excluding carboxylic acids is 1. The molecule has 0 fully saturated rings. The lowest BCUT2D eigenvalue weighted by atomic mass is 10.2. The first-order chi connectivity index (χ1) is 9.67. The Labute approximate surface area is 115 Å². The highest BCUT2D eigenvalue weighted by Crippen LogP contribution is 2.29. The van der Waals surface area contributed by atoms with Crippen LogP contribution in [0.15, 0.2) is 28.8 Å². The quantitative estimate of drug-likeness (QED) is 0.900. The van der Waals surface area contributed by atoms with Crippen molar-refractivity contribution in [3.8, 4) is 17.4 Å². The monoisotopic (exact) mass is 278 g/mol. The van der Waals surface area contributed by atoms with E-state index in [4.69, 9.17) is 18.7 Å². The van der Waals surface area contributed by atoms with Crippen LogP contribution in [-0.2, 0) is 0 Å². The molecule has 0 aliphatic heterocycles. The molecular formula is C13H14N2O5. The molecule has 1 heterocycles. The van der Waals surface area contributed by atoms with Crippen LogP contribution in [0.1, 0.15) is 10.6 Å².